The van der Waals surface area contributed by atoms with Crippen molar-refractivity contribution in [3.8, 4) is 0 Å². The van der Waals surface area contributed by atoms with Gasteiger partial charge in [0.1, 0.15) is 0 Å². The van der Waals surface area contributed by atoms with E-state index in [9.17, 15) is 14.4 Å². The number of aromatic nitrogens is 4. The number of piperidine rings is 2. The molecule has 2 N–H and O–H groups in total. The van der Waals surface area contributed by atoms with Gasteiger partial charge in [-0.3, -0.25) is 9.13 Å². The number of urea groups is 1. The van der Waals surface area contributed by atoms with Gasteiger partial charge in [-0.15, -0.1) is 0 Å². The van der Waals surface area contributed by atoms with E-state index in [1.807, 2.05) is 45.5 Å². The van der Waals surface area contributed by atoms with Crippen LogP contribution in [0.3, 0.4) is 0 Å². The number of nitrogens with one attached hydrogen (secondary N) is 2. The number of hydrogen-bond acceptors (Lipinski definition) is 5. The molecule has 1 aliphatic carbocycles. The SMILES string of the molecule is O=C1N(CCCN2CCC(n3c(=O)[nH]c4cc(Cl)ccc43)CC2)C2CCCCC2N1CCCN1CCC(n2c(=O)[nH]c3cc(Cl)ccc32)CC1. The highest BCUT2D eigenvalue weighted by Gasteiger charge is 2.45. The molecule has 8 rings (SSSR count). The van der Waals surface area contributed by atoms with Gasteiger partial charge >= 0.3 is 17.4 Å². The number of halogens is 2. The standard InChI is InChI=1S/C37H48Cl2N8O3/c38-25-7-9-31-29(23-25)40-35(48)46(31)27-11-19-42(20-12-27)15-3-17-44-33-5-1-2-6-34(33)45(37(44)50)18-4-16-43-21-13-28(14-22-43)47-32-10-8-26(39)24-30(32)41-36(47)49/h7-10,23-24,27-28,33-34H,1-6,11-22H2,(H,40,48)(H,41,49). The lowest BCUT2D eigenvalue weighted by atomic mass is 9.90. The predicted octanol–water partition coefficient (Wildman–Crippen LogP) is 6.08. The van der Waals surface area contributed by atoms with E-state index >= 15 is 0 Å². The van der Waals surface area contributed by atoms with Crippen molar-refractivity contribution in [2.75, 3.05) is 52.4 Å². The van der Waals surface area contributed by atoms with E-state index in [1.165, 1.54) is 12.8 Å². The molecule has 0 radical (unpaired) electrons. The van der Waals surface area contributed by atoms with Crippen molar-refractivity contribution in [2.24, 2.45) is 0 Å². The van der Waals surface area contributed by atoms with Gasteiger partial charge < -0.3 is 29.6 Å². The molecule has 13 heteroatoms. The van der Waals surface area contributed by atoms with Crippen molar-refractivity contribution in [2.45, 2.75) is 88.4 Å². The molecule has 2 unspecified atom stereocenters. The Bertz CT molecular complexity index is 1810. The molecule has 4 aliphatic rings. The van der Waals surface area contributed by atoms with E-state index < -0.39 is 0 Å². The summed E-state index contributed by atoms with van der Waals surface area (Å²) < 4.78 is 3.83. The van der Waals surface area contributed by atoms with Crippen molar-refractivity contribution in [3.63, 3.8) is 0 Å². The van der Waals surface area contributed by atoms with Crippen molar-refractivity contribution in [1.29, 1.82) is 0 Å². The van der Waals surface area contributed by atoms with Crippen LogP contribution in [0.15, 0.2) is 46.0 Å². The second kappa shape index (κ2) is 14.4. The lowest BCUT2D eigenvalue weighted by molar-refractivity contribution is 0.162. The van der Waals surface area contributed by atoms with E-state index in [0.717, 1.165) is 126 Å². The first-order valence-electron chi connectivity index (χ1n) is 18.7. The van der Waals surface area contributed by atoms with E-state index in [0.29, 0.717) is 22.1 Å². The number of nitrogens with zero attached hydrogens (tertiary/aromatic N) is 6. The zero-order valence-electron chi connectivity index (χ0n) is 28.7. The molecule has 50 heavy (non-hydrogen) atoms. The van der Waals surface area contributed by atoms with Crippen LogP contribution in [0.5, 0.6) is 0 Å². The Morgan fingerprint density at radius 1 is 0.580 bits per heavy atom. The van der Waals surface area contributed by atoms with E-state index in [-0.39, 0.29) is 29.5 Å². The molecule has 5 heterocycles. The summed E-state index contributed by atoms with van der Waals surface area (Å²) in [5.41, 5.74) is 3.32. The zero-order valence-corrected chi connectivity index (χ0v) is 30.2. The number of rotatable bonds is 10. The van der Waals surface area contributed by atoms with E-state index in [1.54, 1.807) is 0 Å². The Morgan fingerprint density at radius 3 is 1.42 bits per heavy atom. The second-order valence-corrected chi connectivity index (χ2v) is 15.7. The Labute approximate surface area is 302 Å². The number of hydrogen-bond donors (Lipinski definition) is 2. The van der Waals surface area contributed by atoms with Crippen LogP contribution in [0, 0.1) is 0 Å². The van der Waals surface area contributed by atoms with Crippen LogP contribution in [0.2, 0.25) is 10.0 Å². The first-order valence-corrected chi connectivity index (χ1v) is 19.4. The highest BCUT2D eigenvalue weighted by atomic mass is 35.5. The van der Waals surface area contributed by atoms with Crippen LogP contribution in [0.4, 0.5) is 4.79 Å². The van der Waals surface area contributed by atoms with Gasteiger partial charge in [0.2, 0.25) is 0 Å². The molecule has 0 bridgehead atoms. The molecule has 1 saturated carbocycles. The fourth-order valence-corrected chi connectivity index (χ4v) is 9.80. The summed E-state index contributed by atoms with van der Waals surface area (Å²) in [5, 5.41) is 1.25. The average molecular weight is 724 g/mol. The third kappa shape index (κ3) is 6.62. The number of carbonyl (C=O) groups excluding carboxylic acids is 1. The van der Waals surface area contributed by atoms with Crippen LogP contribution in [-0.4, -0.2) is 109 Å². The van der Waals surface area contributed by atoms with Gasteiger partial charge in [-0.1, -0.05) is 36.0 Å². The number of fused-ring (bicyclic) bond motifs is 3. The third-order valence-electron chi connectivity index (χ3n) is 11.9. The highest BCUT2D eigenvalue weighted by Crippen LogP contribution is 2.35. The number of carbonyl (C=O) groups is 1. The van der Waals surface area contributed by atoms with Gasteiger partial charge in [-0.05, 0) is 101 Å². The van der Waals surface area contributed by atoms with Crippen molar-refractivity contribution >= 4 is 51.3 Å². The fourth-order valence-electron chi connectivity index (χ4n) is 9.45. The van der Waals surface area contributed by atoms with Gasteiger partial charge in [0.15, 0.2) is 0 Å². The maximum absolute atomic E-state index is 13.8. The van der Waals surface area contributed by atoms with Gasteiger partial charge in [0.05, 0.1) is 34.2 Å². The molecule has 4 fully saturated rings. The van der Waals surface area contributed by atoms with E-state index in [4.69, 9.17) is 23.2 Å². The molecule has 0 spiro atoms. The van der Waals surface area contributed by atoms with Crippen molar-refractivity contribution < 1.29 is 4.79 Å². The number of benzene rings is 2. The van der Waals surface area contributed by atoms with Gasteiger partial charge in [-0.25, -0.2) is 14.4 Å². The molecule has 11 nitrogen and oxygen atoms in total. The summed E-state index contributed by atoms with van der Waals surface area (Å²) in [6.45, 7) is 7.38. The number of likely N-dealkylation sites (tertiary alicyclic amines) is 2. The topological polar surface area (TPSA) is 106 Å². The molecule has 3 aliphatic heterocycles. The molecule has 2 aromatic carbocycles. The predicted molar refractivity (Wildman–Crippen MR) is 199 cm³/mol. The Morgan fingerprint density at radius 2 is 1.00 bits per heavy atom. The minimum atomic E-state index is -0.0599. The Kier molecular flexibility index (Phi) is 9.76. The second-order valence-electron chi connectivity index (χ2n) is 14.9. The van der Waals surface area contributed by atoms with Crippen LogP contribution in [0.25, 0.3) is 22.1 Å². The summed E-state index contributed by atoms with van der Waals surface area (Å²) in [4.78, 5) is 54.7. The smallest absolute Gasteiger partial charge is 0.320 e. The number of amides is 2. The van der Waals surface area contributed by atoms with Crippen LogP contribution in [-0.2, 0) is 0 Å². The number of aromatic amines is 2. The maximum Gasteiger partial charge on any atom is 0.326 e. The zero-order chi connectivity index (χ0) is 34.4. The molecule has 268 valence electrons. The van der Waals surface area contributed by atoms with Crippen LogP contribution < -0.4 is 11.4 Å². The Balaban J connectivity index is 0.801. The molecule has 2 aromatic heterocycles. The monoisotopic (exact) mass is 722 g/mol. The lowest BCUT2D eigenvalue weighted by Crippen LogP contribution is -2.42. The Hall–Kier alpha value is -3.25. The largest absolute Gasteiger partial charge is 0.326 e. The molecular formula is C37H48Cl2N8O3. The normalized spacial score (nSPS) is 23.1. The van der Waals surface area contributed by atoms with Crippen molar-refractivity contribution in [1.82, 2.24) is 38.7 Å². The quantitative estimate of drug-likeness (QED) is 0.207. The lowest BCUT2D eigenvalue weighted by Gasteiger charge is -2.34. The maximum atomic E-state index is 13.8. The van der Waals surface area contributed by atoms with Gasteiger partial charge in [-0.2, -0.15) is 0 Å². The summed E-state index contributed by atoms with van der Waals surface area (Å²) >= 11 is 12.3. The fraction of sp³-hybridized carbons (Fsp3) is 0.595. The molecule has 4 aromatic rings. The first kappa shape index (κ1) is 33.9. The highest BCUT2D eigenvalue weighted by molar-refractivity contribution is 6.31. The first-order chi connectivity index (χ1) is 24.3. The summed E-state index contributed by atoms with van der Waals surface area (Å²) in [6.07, 6.45) is 10.3. The van der Waals surface area contributed by atoms with Gasteiger partial charge in [0.25, 0.3) is 0 Å². The molecule has 2 amide bonds. The van der Waals surface area contributed by atoms with E-state index in [2.05, 4.69) is 29.6 Å². The van der Waals surface area contributed by atoms with Crippen LogP contribution >= 0.6 is 23.2 Å². The van der Waals surface area contributed by atoms with Crippen molar-refractivity contribution in [3.05, 3.63) is 67.4 Å². The average Bonchev–Trinajstić information content (AvgIpc) is 3.71. The number of H-pyrrole nitrogens is 2. The number of imidazole rings is 2. The van der Waals surface area contributed by atoms with Gasteiger partial charge in [0, 0.05) is 61.4 Å². The minimum Gasteiger partial charge on any atom is -0.320 e. The third-order valence-corrected chi connectivity index (χ3v) is 12.4. The molecule has 2 atom stereocenters. The summed E-state index contributed by atoms with van der Waals surface area (Å²) in [7, 11) is 0. The molecule has 3 saturated heterocycles. The minimum absolute atomic E-state index is 0.0599. The summed E-state index contributed by atoms with van der Waals surface area (Å²) in [6, 6.07) is 12.5. The molecular weight excluding hydrogens is 675 g/mol. The van der Waals surface area contributed by atoms with Crippen LogP contribution in [0.1, 0.15) is 76.3 Å². The summed E-state index contributed by atoms with van der Waals surface area (Å²) in [5.74, 6) is 0.